The van der Waals surface area contributed by atoms with Crippen LogP contribution in [0.1, 0.15) is 17.7 Å². The molecule has 6 nitrogen and oxygen atoms in total. The van der Waals surface area contributed by atoms with Crippen molar-refractivity contribution >= 4 is 83.9 Å². The summed E-state index contributed by atoms with van der Waals surface area (Å²) in [5.41, 5.74) is 20.3. The predicted octanol–water partition coefficient (Wildman–Crippen LogP) is 17.9. The number of allylic oxidation sites excluding steroid dienone is 1. The number of para-hydroxylation sites is 7. The summed E-state index contributed by atoms with van der Waals surface area (Å²) in [5, 5.41) is 3.66. The summed E-state index contributed by atoms with van der Waals surface area (Å²) in [4.78, 5) is 15.4. The predicted molar refractivity (Wildman–Crippen MR) is 308 cm³/mol. The standard InChI is InChI=1S/C68H48N6/c1-5-19-49(20-6-1)71(55-41-43-65-59(45-55)57-27-13-17-31-63(57)73(65)51-23-9-3-10-24-51)53-37-33-47(34-38-53)67-68(70-62-30-16-15-29-61(62)69-67)48-35-39-54(40-36-48)72(50-21-7-2-8-22-50)56-42-44-66-60(46-56)58-28-14-18-32-64(58)74(66)52-25-11-4-12-26-52/h1-17,19-31,33-46H,18,32H2. The first-order chi connectivity index (χ1) is 36.7. The van der Waals surface area contributed by atoms with E-state index in [1.165, 1.54) is 49.7 Å². The van der Waals surface area contributed by atoms with Crippen molar-refractivity contribution in [2.45, 2.75) is 12.8 Å². The van der Waals surface area contributed by atoms with Gasteiger partial charge in [-0.1, -0.05) is 140 Å². The minimum atomic E-state index is 0.829. The second kappa shape index (κ2) is 18.1. The van der Waals surface area contributed by atoms with Crippen molar-refractivity contribution in [3.63, 3.8) is 0 Å². The Labute approximate surface area is 429 Å². The monoisotopic (exact) mass is 948 g/mol. The first kappa shape index (κ1) is 43.0. The molecule has 0 saturated heterocycles. The molecule has 0 saturated carbocycles. The molecule has 10 aromatic carbocycles. The van der Waals surface area contributed by atoms with Crippen LogP contribution in [0.2, 0.25) is 0 Å². The van der Waals surface area contributed by atoms with Crippen LogP contribution in [0.25, 0.3) is 83.7 Å². The Balaban J connectivity index is 0.850. The number of aromatic nitrogens is 4. The number of hydrogen-bond donors (Lipinski definition) is 0. The average Bonchev–Trinajstić information content (AvgIpc) is 4.01. The zero-order valence-electron chi connectivity index (χ0n) is 40.5. The van der Waals surface area contributed by atoms with E-state index in [0.29, 0.717) is 0 Å². The third kappa shape index (κ3) is 7.42. The molecule has 13 aromatic rings. The Morgan fingerprint density at radius 3 is 1.31 bits per heavy atom. The Morgan fingerprint density at radius 2 is 0.757 bits per heavy atom. The van der Waals surface area contributed by atoms with Crippen molar-refractivity contribution < 1.29 is 0 Å². The fourth-order valence-electron chi connectivity index (χ4n) is 11.2. The van der Waals surface area contributed by atoms with Gasteiger partial charge in [0.25, 0.3) is 0 Å². The van der Waals surface area contributed by atoms with Crippen molar-refractivity contribution in [2.75, 3.05) is 9.80 Å². The fraction of sp³-hybridized carbons (Fsp3) is 0.0294. The highest BCUT2D eigenvalue weighted by atomic mass is 15.1. The van der Waals surface area contributed by atoms with Crippen molar-refractivity contribution in [1.29, 1.82) is 0 Å². The summed E-state index contributed by atoms with van der Waals surface area (Å²) < 4.78 is 4.81. The van der Waals surface area contributed by atoms with Crippen molar-refractivity contribution in [3.8, 4) is 33.9 Å². The molecular formula is C68H48N6. The zero-order chi connectivity index (χ0) is 49.0. The number of rotatable bonds is 10. The Bertz CT molecular complexity index is 4220. The van der Waals surface area contributed by atoms with E-state index in [4.69, 9.17) is 9.97 Å². The third-order valence-electron chi connectivity index (χ3n) is 14.5. The van der Waals surface area contributed by atoms with Gasteiger partial charge in [-0.05, 0) is 140 Å². The van der Waals surface area contributed by atoms with E-state index in [2.05, 4.69) is 262 Å². The number of anilines is 6. The van der Waals surface area contributed by atoms with Crippen LogP contribution >= 0.6 is 0 Å². The second-order valence-electron chi connectivity index (χ2n) is 18.9. The summed E-state index contributed by atoms with van der Waals surface area (Å²) in [6, 6.07) is 90.8. The first-order valence-corrected chi connectivity index (χ1v) is 25.4. The molecule has 0 fully saturated rings. The molecule has 74 heavy (non-hydrogen) atoms. The van der Waals surface area contributed by atoms with E-state index >= 15 is 0 Å². The lowest BCUT2D eigenvalue weighted by molar-refractivity contribution is 0.888. The molecule has 0 spiro atoms. The first-order valence-electron chi connectivity index (χ1n) is 25.4. The van der Waals surface area contributed by atoms with Gasteiger partial charge in [0, 0.05) is 84.0 Å². The molecule has 0 N–H and O–H groups in total. The van der Waals surface area contributed by atoms with Gasteiger partial charge in [0.05, 0.1) is 39.0 Å². The van der Waals surface area contributed by atoms with Crippen LogP contribution in [0.3, 0.4) is 0 Å². The molecule has 14 rings (SSSR count). The maximum atomic E-state index is 5.35. The number of hydrogen-bond acceptors (Lipinski definition) is 4. The summed E-state index contributed by atoms with van der Waals surface area (Å²) in [5.74, 6) is 0. The highest BCUT2D eigenvalue weighted by molar-refractivity contribution is 6.11. The lowest BCUT2D eigenvalue weighted by Gasteiger charge is -2.26. The van der Waals surface area contributed by atoms with Gasteiger partial charge in [-0.15, -0.1) is 0 Å². The SMILES string of the molecule is C1=Cc2c(n(-c3ccccc3)c3ccc(N(c4ccccc4)c4ccc(-c5nc6ccccc6nc5-c5ccc(N(c6ccccc6)c6ccc7c(c6)c6ccccc6n7-c6ccccc6)cc5)cc4)cc23)CC1. The normalized spacial score (nSPS) is 12.2. The smallest absolute Gasteiger partial charge is 0.0973 e. The highest BCUT2D eigenvalue weighted by Crippen LogP contribution is 2.44. The molecule has 0 radical (unpaired) electrons. The third-order valence-corrected chi connectivity index (χ3v) is 14.5. The van der Waals surface area contributed by atoms with Crippen LogP contribution in [0.15, 0.2) is 261 Å². The minimum Gasteiger partial charge on any atom is -0.313 e. The molecule has 1 aliphatic rings. The van der Waals surface area contributed by atoms with Gasteiger partial charge in [-0.3, -0.25) is 0 Å². The van der Waals surface area contributed by atoms with E-state index in [9.17, 15) is 0 Å². The van der Waals surface area contributed by atoms with Crippen LogP contribution in [-0.4, -0.2) is 19.1 Å². The summed E-state index contributed by atoms with van der Waals surface area (Å²) in [7, 11) is 0. The lowest BCUT2D eigenvalue weighted by Crippen LogP contribution is -2.10. The van der Waals surface area contributed by atoms with Crippen LogP contribution in [0.5, 0.6) is 0 Å². The van der Waals surface area contributed by atoms with Gasteiger partial charge in [0.1, 0.15) is 0 Å². The molecule has 3 heterocycles. The Morgan fingerprint density at radius 1 is 0.338 bits per heavy atom. The van der Waals surface area contributed by atoms with E-state index in [-0.39, 0.29) is 0 Å². The van der Waals surface area contributed by atoms with Crippen LogP contribution in [-0.2, 0) is 6.42 Å². The Hall–Kier alpha value is -9.78. The molecule has 0 amide bonds. The molecule has 0 atom stereocenters. The molecule has 3 aromatic heterocycles. The molecule has 6 heteroatoms. The average molecular weight is 949 g/mol. The van der Waals surface area contributed by atoms with Crippen molar-refractivity contribution in [2.24, 2.45) is 0 Å². The van der Waals surface area contributed by atoms with E-state index in [1.807, 2.05) is 24.3 Å². The van der Waals surface area contributed by atoms with Gasteiger partial charge in [-0.2, -0.15) is 0 Å². The number of fused-ring (bicyclic) bond motifs is 7. The molecule has 0 unspecified atom stereocenters. The van der Waals surface area contributed by atoms with Crippen LogP contribution in [0.4, 0.5) is 34.1 Å². The summed E-state index contributed by atoms with van der Waals surface area (Å²) in [6.45, 7) is 0. The van der Waals surface area contributed by atoms with Gasteiger partial charge in [0.2, 0.25) is 0 Å². The van der Waals surface area contributed by atoms with Gasteiger partial charge >= 0.3 is 0 Å². The van der Waals surface area contributed by atoms with Crippen molar-refractivity contribution in [1.82, 2.24) is 19.1 Å². The number of nitrogens with zero attached hydrogens (tertiary/aromatic N) is 6. The summed E-state index contributed by atoms with van der Waals surface area (Å²) >= 11 is 0. The molecule has 0 aliphatic heterocycles. The molecule has 1 aliphatic carbocycles. The molecular weight excluding hydrogens is 901 g/mol. The quantitative estimate of drug-likeness (QED) is 0.137. The maximum Gasteiger partial charge on any atom is 0.0973 e. The Kier molecular flexibility index (Phi) is 10.5. The summed E-state index contributed by atoms with van der Waals surface area (Å²) in [6.07, 6.45) is 6.66. The van der Waals surface area contributed by atoms with Gasteiger partial charge in [-0.25, -0.2) is 9.97 Å². The molecule has 0 bridgehead atoms. The fourth-order valence-corrected chi connectivity index (χ4v) is 11.2. The highest BCUT2D eigenvalue weighted by Gasteiger charge is 2.23. The lowest BCUT2D eigenvalue weighted by atomic mass is 10.0. The maximum absolute atomic E-state index is 5.35. The van der Waals surface area contributed by atoms with Crippen LogP contribution in [0, 0.1) is 0 Å². The van der Waals surface area contributed by atoms with E-state index in [0.717, 1.165) is 86.2 Å². The minimum absolute atomic E-state index is 0.829. The number of benzene rings is 10. The van der Waals surface area contributed by atoms with Gasteiger partial charge < -0.3 is 18.9 Å². The van der Waals surface area contributed by atoms with Crippen molar-refractivity contribution in [3.05, 3.63) is 272 Å². The van der Waals surface area contributed by atoms with Crippen LogP contribution < -0.4 is 9.80 Å². The largest absolute Gasteiger partial charge is 0.313 e. The molecule has 350 valence electrons. The van der Waals surface area contributed by atoms with Gasteiger partial charge in [0.15, 0.2) is 0 Å². The zero-order valence-corrected chi connectivity index (χ0v) is 40.5. The van der Waals surface area contributed by atoms with E-state index < -0.39 is 0 Å². The van der Waals surface area contributed by atoms with E-state index in [1.54, 1.807) is 0 Å². The second-order valence-corrected chi connectivity index (χ2v) is 18.9. The topological polar surface area (TPSA) is 42.1 Å².